The van der Waals surface area contributed by atoms with Crippen molar-refractivity contribution in [1.29, 1.82) is 0 Å². The number of benzene rings is 4. The molecule has 0 aliphatic heterocycles. The lowest BCUT2D eigenvalue weighted by molar-refractivity contribution is -0.00400. The van der Waals surface area contributed by atoms with Crippen LogP contribution in [0, 0.1) is 0 Å². The number of fused-ring (bicyclic) bond motifs is 2. The molecule has 6 nitrogen and oxygen atoms in total. The van der Waals surface area contributed by atoms with Crippen molar-refractivity contribution in [2.24, 2.45) is 0 Å². The Bertz CT molecular complexity index is 1380. The first-order chi connectivity index (χ1) is 18.4. The number of ether oxygens (including phenoxy) is 4. The third kappa shape index (κ3) is 4.16. The predicted molar refractivity (Wildman–Crippen MR) is 145 cm³/mol. The number of hydrogen-bond acceptors (Lipinski definition) is 6. The fourth-order valence-corrected chi connectivity index (χ4v) is 5.70. The highest BCUT2D eigenvalue weighted by atomic mass is 16.5. The van der Waals surface area contributed by atoms with Crippen LogP contribution in [0.1, 0.15) is 46.8 Å². The van der Waals surface area contributed by atoms with E-state index in [2.05, 4.69) is 0 Å². The summed E-state index contributed by atoms with van der Waals surface area (Å²) in [5, 5.41) is 24.3. The highest BCUT2D eigenvalue weighted by molar-refractivity contribution is 5.57. The molecule has 0 spiro atoms. The lowest BCUT2D eigenvalue weighted by Crippen LogP contribution is -2.45. The molecule has 38 heavy (non-hydrogen) atoms. The van der Waals surface area contributed by atoms with Crippen LogP contribution in [0.2, 0.25) is 0 Å². The Hall–Kier alpha value is -4.00. The zero-order valence-electron chi connectivity index (χ0n) is 21.9. The Kier molecular flexibility index (Phi) is 7.02. The van der Waals surface area contributed by atoms with Crippen LogP contribution in [0.15, 0.2) is 91.0 Å². The van der Waals surface area contributed by atoms with Crippen molar-refractivity contribution in [2.45, 2.75) is 30.7 Å². The summed E-state index contributed by atoms with van der Waals surface area (Å²) in [6.07, 6.45) is -1.41. The minimum absolute atomic E-state index is 0.542. The molecule has 6 heteroatoms. The van der Waals surface area contributed by atoms with Crippen LogP contribution in [0.3, 0.4) is 0 Å². The third-order valence-electron chi connectivity index (χ3n) is 7.40. The van der Waals surface area contributed by atoms with Crippen LogP contribution in [-0.4, -0.2) is 37.6 Å². The van der Waals surface area contributed by atoms with E-state index in [0.717, 1.165) is 5.56 Å². The molecule has 4 aromatic carbocycles. The second-order valence-electron chi connectivity index (χ2n) is 9.41. The Balaban J connectivity index is 1.75. The van der Waals surface area contributed by atoms with Gasteiger partial charge in [-0.3, -0.25) is 0 Å². The number of rotatable bonds is 8. The highest BCUT2D eigenvalue weighted by Gasteiger charge is 2.50. The van der Waals surface area contributed by atoms with Gasteiger partial charge in [0.1, 0.15) is 17.8 Å². The van der Waals surface area contributed by atoms with E-state index in [-0.39, 0.29) is 0 Å². The van der Waals surface area contributed by atoms with Crippen molar-refractivity contribution in [3.05, 3.63) is 119 Å². The fraction of sp³-hybridized carbons (Fsp3) is 0.250. The molecule has 0 bridgehead atoms. The largest absolute Gasteiger partial charge is 0.493 e. The molecule has 0 saturated heterocycles. The molecule has 1 aliphatic carbocycles. The Morgan fingerprint density at radius 2 is 1.16 bits per heavy atom. The molecule has 0 fully saturated rings. The van der Waals surface area contributed by atoms with Crippen LogP contribution >= 0.6 is 0 Å². The van der Waals surface area contributed by atoms with Gasteiger partial charge in [-0.1, -0.05) is 66.7 Å². The lowest BCUT2D eigenvalue weighted by Gasteiger charge is -2.45. The van der Waals surface area contributed by atoms with Gasteiger partial charge >= 0.3 is 0 Å². The lowest BCUT2D eigenvalue weighted by atomic mass is 9.64. The van der Waals surface area contributed by atoms with E-state index in [4.69, 9.17) is 18.9 Å². The average Bonchev–Trinajstić information content (AvgIpc) is 2.96. The molecule has 0 unspecified atom stereocenters. The first-order valence-corrected chi connectivity index (χ1v) is 12.5. The Morgan fingerprint density at radius 1 is 0.658 bits per heavy atom. The summed E-state index contributed by atoms with van der Waals surface area (Å²) < 4.78 is 23.2. The summed E-state index contributed by atoms with van der Waals surface area (Å²) in [7, 11) is 4.77. The summed E-state index contributed by atoms with van der Waals surface area (Å²) in [6, 6.07) is 28.0. The van der Waals surface area contributed by atoms with Gasteiger partial charge in [0.15, 0.2) is 23.0 Å². The van der Waals surface area contributed by atoms with Crippen molar-refractivity contribution in [3.63, 3.8) is 0 Å². The molecule has 196 valence electrons. The van der Waals surface area contributed by atoms with E-state index in [9.17, 15) is 10.2 Å². The zero-order valence-corrected chi connectivity index (χ0v) is 21.9. The normalized spacial score (nSPS) is 19.5. The van der Waals surface area contributed by atoms with E-state index in [1.807, 2.05) is 97.9 Å². The molecule has 0 radical (unpaired) electrons. The number of aliphatic hydroxyl groups is 2. The molecule has 2 N–H and O–H groups in total. The molecule has 0 saturated carbocycles. The molecule has 4 aromatic rings. The van der Waals surface area contributed by atoms with Crippen LogP contribution in [0.4, 0.5) is 0 Å². The number of hydrogen-bond donors (Lipinski definition) is 2. The van der Waals surface area contributed by atoms with E-state index in [1.165, 1.54) is 0 Å². The molecular formula is C32H32O6. The monoisotopic (exact) mass is 512 g/mol. The molecule has 0 heterocycles. The van der Waals surface area contributed by atoms with Gasteiger partial charge in [0.05, 0.1) is 27.2 Å². The number of aliphatic hydroxyl groups excluding tert-OH is 1. The van der Waals surface area contributed by atoms with Gasteiger partial charge in [-0.05, 0) is 59.0 Å². The van der Waals surface area contributed by atoms with E-state index < -0.39 is 23.7 Å². The molecule has 1 aliphatic rings. The molecule has 0 aromatic heterocycles. The van der Waals surface area contributed by atoms with Crippen LogP contribution in [-0.2, 0) is 5.60 Å². The standard InChI is InChI=1S/C32H32O6/c1-20(38-28-16-10-9-15-26(28)35-2)30(21-17-18-27(36-3)29(19-21)37-4)32(34)24-13-7-5-11-22(24)31(33)23-12-6-8-14-25(23)32/h5-20,30-31,33-34H,1-4H3/t20-,30+,31?,32?/m0/s1. The predicted octanol–water partition coefficient (Wildman–Crippen LogP) is 5.59. The van der Waals surface area contributed by atoms with Crippen LogP contribution in [0.25, 0.3) is 0 Å². The summed E-state index contributed by atoms with van der Waals surface area (Å²) in [5.41, 5.74) is 1.80. The van der Waals surface area contributed by atoms with Gasteiger partial charge in [-0.15, -0.1) is 0 Å². The van der Waals surface area contributed by atoms with Crippen LogP contribution in [0.5, 0.6) is 23.0 Å². The minimum Gasteiger partial charge on any atom is -0.493 e. The van der Waals surface area contributed by atoms with E-state index in [1.54, 1.807) is 21.3 Å². The van der Waals surface area contributed by atoms with Crippen molar-refractivity contribution in [3.8, 4) is 23.0 Å². The second-order valence-corrected chi connectivity index (χ2v) is 9.41. The van der Waals surface area contributed by atoms with Crippen molar-refractivity contribution < 1.29 is 29.2 Å². The topological polar surface area (TPSA) is 77.4 Å². The third-order valence-corrected chi connectivity index (χ3v) is 7.40. The van der Waals surface area contributed by atoms with Crippen molar-refractivity contribution in [2.75, 3.05) is 21.3 Å². The van der Waals surface area contributed by atoms with Crippen molar-refractivity contribution >= 4 is 0 Å². The molecular weight excluding hydrogens is 480 g/mol. The van der Waals surface area contributed by atoms with E-state index in [0.29, 0.717) is 45.3 Å². The number of methoxy groups -OCH3 is 3. The maximum Gasteiger partial charge on any atom is 0.161 e. The summed E-state index contributed by atoms with van der Waals surface area (Å²) in [6.45, 7) is 1.93. The van der Waals surface area contributed by atoms with Crippen molar-refractivity contribution in [1.82, 2.24) is 0 Å². The smallest absolute Gasteiger partial charge is 0.161 e. The summed E-state index contributed by atoms with van der Waals surface area (Å²) in [5.74, 6) is 1.66. The molecule has 0 amide bonds. The van der Waals surface area contributed by atoms with Gasteiger partial charge < -0.3 is 29.2 Å². The first-order valence-electron chi connectivity index (χ1n) is 12.5. The fourth-order valence-electron chi connectivity index (χ4n) is 5.70. The number of para-hydroxylation sites is 2. The molecule has 5 rings (SSSR count). The summed E-state index contributed by atoms with van der Waals surface area (Å²) in [4.78, 5) is 0. The van der Waals surface area contributed by atoms with Gasteiger partial charge in [-0.2, -0.15) is 0 Å². The molecule has 2 atom stereocenters. The maximum absolute atomic E-state index is 13.0. The van der Waals surface area contributed by atoms with Gasteiger partial charge in [0, 0.05) is 0 Å². The first kappa shape index (κ1) is 25.6. The zero-order chi connectivity index (χ0) is 26.9. The quantitative estimate of drug-likeness (QED) is 0.320. The highest BCUT2D eigenvalue weighted by Crippen LogP contribution is 2.53. The van der Waals surface area contributed by atoms with E-state index >= 15 is 0 Å². The van der Waals surface area contributed by atoms with Gasteiger partial charge in [0.25, 0.3) is 0 Å². The SMILES string of the molecule is COc1ccc([C@@H]([C@H](C)Oc2ccccc2OC)C2(O)c3ccccc3C(O)c3ccccc32)cc1OC. The summed E-state index contributed by atoms with van der Waals surface area (Å²) >= 11 is 0. The maximum atomic E-state index is 13.0. The Morgan fingerprint density at radius 3 is 1.74 bits per heavy atom. The second kappa shape index (κ2) is 10.4. The van der Waals surface area contributed by atoms with Gasteiger partial charge in [-0.25, -0.2) is 0 Å². The average molecular weight is 513 g/mol. The van der Waals surface area contributed by atoms with Gasteiger partial charge in [0.2, 0.25) is 0 Å². The Labute approximate surface area is 223 Å². The van der Waals surface area contributed by atoms with Crippen LogP contribution < -0.4 is 18.9 Å². The minimum atomic E-state index is -1.55.